The third kappa shape index (κ3) is 5.40. The second kappa shape index (κ2) is 10.5. The number of halogens is 1. The Morgan fingerprint density at radius 3 is 2.62 bits per heavy atom. The fraction of sp³-hybridized carbons (Fsp3) is 0.192. The summed E-state index contributed by atoms with van der Waals surface area (Å²) in [6.07, 6.45) is 3.07. The van der Waals surface area contributed by atoms with Crippen molar-refractivity contribution in [1.29, 1.82) is 0 Å². The molecule has 188 valence electrons. The summed E-state index contributed by atoms with van der Waals surface area (Å²) < 4.78 is 5.82. The quantitative estimate of drug-likeness (QED) is 0.177. The highest BCUT2D eigenvalue weighted by molar-refractivity contribution is 7.80. The number of aromatic nitrogens is 1. The maximum atomic E-state index is 12.8. The zero-order valence-corrected chi connectivity index (χ0v) is 21.1. The summed E-state index contributed by atoms with van der Waals surface area (Å²) >= 11 is 11.7. The van der Waals surface area contributed by atoms with Crippen LogP contribution in [0.5, 0.6) is 0 Å². The number of thiocarbonyl (C=S) groups is 1. The molecule has 1 aromatic heterocycles. The van der Waals surface area contributed by atoms with E-state index in [1.807, 2.05) is 29.2 Å². The number of hydrogen-bond acceptors (Lipinski definition) is 7. The molecule has 1 aliphatic rings. The highest BCUT2D eigenvalue weighted by atomic mass is 35.5. The summed E-state index contributed by atoms with van der Waals surface area (Å²) in [7, 11) is 0. The molecule has 1 aliphatic heterocycles. The third-order valence-electron chi connectivity index (χ3n) is 6.11. The maximum absolute atomic E-state index is 12.8. The Balaban J connectivity index is 1.31. The second-order valence-corrected chi connectivity index (χ2v) is 9.41. The highest BCUT2D eigenvalue weighted by Crippen LogP contribution is 2.32. The minimum atomic E-state index is -0.572. The summed E-state index contributed by atoms with van der Waals surface area (Å²) in [4.78, 5) is 30.6. The van der Waals surface area contributed by atoms with Crippen molar-refractivity contribution in [3.05, 3.63) is 81.4 Å². The Bertz CT molecular complexity index is 1480. The van der Waals surface area contributed by atoms with Gasteiger partial charge in [0.15, 0.2) is 10.7 Å². The van der Waals surface area contributed by atoms with Gasteiger partial charge in [-0.2, -0.15) is 0 Å². The lowest BCUT2D eigenvalue weighted by Gasteiger charge is -2.28. The Kier molecular flexibility index (Phi) is 7.02. The molecule has 0 radical (unpaired) electrons. The number of carbonyl (C=O) groups is 1. The first-order chi connectivity index (χ1) is 17.9. The van der Waals surface area contributed by atoms with Gasteiger partial charge in [0.25, 0.3) is 11.6 Å². The minimum absolute atomic E-state index is 0.00984. The zero-order chi connectivity index (χ0) is 25.9. The molecule has 5 rings (SSSR count). The number of piperidine rings is 1. The van der Waals surface area contributed by atoms with E-state index in [2.05, 4.69) is 15.6 Å². The van der Waals surface area contributed by atoms with Crippen LogP contribution in [0.4, 0.5) is 17.1 Å². The van der Waals surface area contributed by atoms with Crippen molar-refractivity contribution in [3.63, 3.8) is 0 Å². The van der Waals surface area contributed by atoms with Crippen molar-refractivity contribution in [3.8, 4) is 11.5 Å². The van der Waals surface area contributed by atoms with Gasteiger partial charge in [0, 0.05) is 30.3 Å². The van der Waals surface area contributed by atoms with Gasteiger partial charge in [-0.25, -0.2) is 4.98 Å². The van der Waals surface area contributed by atoms with E-state index >= 15 is 0 Å². The number of oxazole rings is 1. The van der Waals surface area contributed by atoms with Crippen LogP contribution in [-0.2, 0) is 0 Å². The lowest BCUT2D eigenvalue weighted by molar-refractivity contribution is -0.384. The molecular weight excluding hydrogens is 514 g/mol. The Morgan fingerprint density at radius 1 is 1.08 bits per heavy atom. The van der Waals surface area contributed by atoms with Crippen LogP contribution < -0.4 is 15.5 Å². The zero-order valence-electron chi connectivity index (χ0n) is 19.6. The van der Waals surface area contributed by atoms with Gasteiger partial charge in [0.1, 0.15) is 11.2 Å². The standard InChI is InChI=1S/C26H22ClN5O4S/c27-18-10-8-17(25-28-19-6-2-3-7-23(19)36-25)14-20(18)29-26(37)30-24(33)16-9-11-21(22(15-16)32(34)35)31-12-4-1-5-13-31/h2-3,6-11,14-15H,1,4-5,12-13H2,(H2,29,30,33,37). The summed E-state index contributed by atoms with van der Waals surface area (Å²) in [5, 5.41) is 17.6. The van der Waals surface area contributed by atoms with Gasteiger partial charge in [-0.1, -0.05) is 23.7 Å². The molecule has 2 N–H and O–H groups in total. The molecule has 0 saturated carbocycles. The fourth-order valence-corrected chi connectivity index (χ4v) is 4.66. The molecule has 1 fully saturated rings. The molecule has 11 heteroatoms. The van der Waals surface area contributed by atoms with E-state index < -0.39 is 10.8 Å². The van der Waals surface area contributed by atoms with E-state index in [1.54, 1.807) is 30.3 Å². The molecule has 0 bridgehead atoms. The van der Waals surface area contributed by atoms with Crippen LogP contribution in [-0.4, -0.2) is 34.0 Å². The van der Waals surface area contributed by atoms with Gasteiger partial charge in [0.05, 0.1) is 15.6 Å². The maximum Gasteiger partial charge on any atom is 0.293 e. The monoisotopic (exact) mass is 535 g/mol. The summed E-state index contributed by atoms with van der Waals surface area (Å²) in [6.45, 7) is 1.51. The second-order valence-electron chi connectivity index (χ2n) is 8.60. The molecule has 2 heterocycles. The SMILES string of the molecule is O=C(NC(=S)Nc1cc(-c2nc3ccccc3o2)ccc1Cl)c1ccc(N2CCCCC2)c([N+](=O)[O-])c1. The number of rotatable bonds is 5. The van der Waals surface area contributed by atoms with Crippen LogP contribution in [0.2, 0.25) is 5.02 Å². The number of nitrogens with zero attached hydrogens (tertiary/aromatic N) is 3. The van der Waals surface area contributed by atoms with Gasteiger partial charge in [-0.3, -0.25) is 20.2 Å². The average Bonchev–Trinajstić information content (AvgIpc) is 3.34. The molecule has 4 aromatic rings. The van der Waals surface area contributed by atoms with E-state index in [4.69, 9.17) is 28.2 Å². The van der Waals surface area contributed by atoms with Gasteiger partial charge < -0.3 is 14.6 Å². The lowest BCUT2D eigenvalue weighted by atomic mass is 10.1. The topological polar surface area (TPSA) is 114 Å². The van der Waals surface area contributed by atoms with E-state index in [1.165, 1.54) is 6.07 Å². The van der Waals surface area contributed by atoms with Gasteiger partial charge in [0.2, 0.25) is 5.89 Å². The predicted octanol–water partition coefficient (Wildman–Crippen LogP) is 6.17. The molecule has 0 aliphatic carbocycles. The van der Waals surface area contributed by atoms with Crippen molar-refractivity contribution < 1.29 is 14.1 Å². The predicted molar refractivity (Wildman–Crippen MR) is 147 cm³/mol. The number of anilines is 2. The molecule has 1 saturated heterocycles. The van der Waals surface area contributed by atoms with Crippen molar-refractivity contribution in [1.82, 2.24) is 10.3 Å². The van der Waals surface area contributed by atoms with Gasteiger partial charge in [-0.15, -0.1) is 0 Å². The summed E-state index contributed by atoms with van der Waals surface area (Å²) in [5.41, 5.74) is 3.03. The number of amides is 1. The lowest BCUT2D eigenvalue weighted by Crippen LogP contribution is -2.34. The number of carbonyl (C=O) groups excluding carboxylic acids is 1. The molecule has 9 nitrogen and oxygen atoms in total. The van der Waals surface area contributed by atoms with E-state index in [9.17, 15) is 14.9 Å². The summed E-state index contributed by atoms with van der Waals surface area (Å²) in [6, 6.07) is 17.0. The molecule has 1 amide bonds. The Morgan fingerprint density at radius 2 is 1.86 bits per heavy atom. The number of nitro groups is 1. The van der Waals surface area contributed by atoms with Gasteiger partial charge in [-0.05, 0) is 73.9 Å². The van der Waals surface area contributed by atoms with Crippen molar-refractivity contribution in [2.75, 3.05) is 23.3 Å². The molecular formula is C26H22ClN5O4S. The smallest absolute Gasteiger partial charge is 0.293 e. The molecule has 0 unspecified atom stereocenters. The van der Waals surface area contributed by atoms with E-state index in [-0.39, 0.29) is 16.4 Å². The van der Waals surface area contributed by atoms with Crippen LogP contribution in [0.15, 0.2) is 65.1 Å². The first-order valence-corrected chi connectivity index (χ1v) is 12.5. The number of fused-ring (bicyclic) bond motifs is 1. The molecule has 0 spiro atoms. The van der Waals surface area contributed by atoms with Crippen molar-refractivity contribution in [2.24, 2.45) is 0 Å². The number of hydrogen-bond donors (Lipinski definition) is 2. The van der Waals surface area contributed by atoms with E-state index in [0.29, 0.717) is 33.4 Å². The van der Waals surface area contributed by atoms with Gasteiger partial charge >= 0.3 is 0 Å². The Hall–Kier alpha value is -4.02. The summed E-state index contributed by atoms with van der Waals surface area (Å²) in [5.74, 6) is -0.158. The number of nitrogens with one attached hydrogen (secondary N) is 2. The van der Waals surface area contributed by atoms with Crippen molar-refractivity contribution in [2.45, 2.75) is 19.3 Å². The fourth-order valence-electron chi connectivity index (χ4n) is 4.29. The first-order valence-electron chi connectivity index (χ1n) is 11.7. The van der Waals surface area contributed by atoms with Crippen LogP contribution >= 0.6 is 23.8 Å². The molecule has 3 aromatic carbocycles. The first kappa shape index (κ1) is 24.7. The number of para-hydroxylation sites is 2. The van der Waals surface area contributed by atoms with Crippen LogP contribution in [0.1, 0.15) is 29.6 Å². The highest BCUT2D eigenvalue weighted by Gasteiger charge is 2.23. The van der Waals surface area contributed by atoms with E-state index in [0.717, 1.165) is 37.9 Å². The van der Waals surface area contributed by atoms with Crippen LogP contribution in [0, 0.1) is 10.1 Å². The molecule has 0 atom stereocenters. The Labute approximate surface area is 222 Å². The number of benzene rings is 3. The van der Waals surface area contributed by atoms with Crippen molar-refractivity contribution >= 4 is 63.0 Å². The third-order valence-corrected chi connectivity index (χ3v) is 6.65. The number of nitro benzene ring substituents is 1. The average molecular weight is 536 g/mol. The van der Waals surface area contributed by atoms with Crippen LogP contribution in [0.25, 0.3) is 22.6 Å². The normalized spacial score (nSPS) is 13.4. The minimum Gasteiger partial charge on any atom is -0.436 e. The largest absolute Gasteiger partial charge is 0.436 e. The van der Waals surface area contributed by atoms with Crippen LogP contribution in [0.3, 0.4) is 0 Å². The molecule has 37 heavy (non-hydrogen) atoms.